The number of hydrogen-bond donors (Lipinski definition) is 1. The summed E-state index contributed by atoms with van der Waals surface area (Å²) in [5, 5.41) is 8.30. The van der Waals surface area contributed by atoms with Gasteiger partial charge in [-0.15, -0.1) is 0 Å². The highest BCUT2D eigenvalue weighted by molar-refractivity contribution is 6.30. The van der Waals surface area contributed by atoms with Gasteiger partial charge < -0.3 is 19.5 Å². The van der Waals surface area contributed by atoms with Crippen molar-refractivity contribution in [3.63, 3.8) is 0 Å². The van der Waals surface area contributed by atoms with Gasteiger partial charge in [0.05, 0.1) is 27.3 Å². The normalized spacial score (nSPS) is 10.6. The van der Waals surface area contributed by atoms with E-state index in [9.17, 15) is 4.79 Å². The van der Waals surface area contributed by atoms with Crippen LogP contribution in [-0.4, -0.2) is 37.2 Å². The number of methoxy groups -OCH3 is 2. The minimum atomic E-state index is -0.194. The van der Waals surface area contributed by atoms with Crippen molar-refractivity contribution >= 4 is 17.4 Å². The van der Waals surface area contributed by atoms with E-state index in [1.807, 2.05) is 66.7 Å². The highest BCUT2D eigenvalue weighted by Crippen LogP contribution is 2.32. The molecule has 35 heavy (non-hydrogen) atoms. The number of hydrogen-bond acceptors (Lipinski definition) is 6. The number of para-hydroxylation sites is 2. The Morgan fingerprint density at radius 2 is 1.69 bits per heavy atom. The number of rotatable bonds is 10. The van der Waals surface area contributed by atoms with Crippen molar-refractivity contribution < 1.29 is 14.2 Å². The summed E-state index contributed by atoms with van der Waals surface area (Å²) in [6.45, 7) is 1.22. The maximum atomic E-state index is 12.5. The number of aromatic nitrogens is 2. The van der Waals surface area contributed by atoms with Crippen LogP contribution in [0.2, 0.25) is 5.02 Å². The van der Waals surface area contributed by atoms with Crippen LogP contribution in [-0.2, 0) is 6.54 Å². The SMILES string of the molecule is COc1ccccc1OCCNc1ccc(=O)n(Cc2ccc(OC)c(-c3cccc(Cl)c3)c2)n1. The first kappa shape index (κ1) is 24.2. The molecule has 0 aliphatic rings. The maximum Gasteiger partial charge on any atom is 0.267 e. The van der Waals surface area contributed by atoms with E-state index in [2.05, 4.69) is 10.4 Å². The van der Waals surface area contributed by atoms with E-state index in [1.165, 1.54) is 10.7 Å². The summed E-state index contributed by atoms with van der Waals surface area (Å²) in [6.07, 6.45) is 0. The zero-order valence-corrected chi connectivity index (χ0v) is 20.3. The molecule has 0 radical (unpaired) electrons. The highest BCUT2D eigenvalue weighted by atomic mass is 35.5. The molecule has 8 heteroatoms. The van der Waals surface area contributed by atoms with Crippen LogP contribution in [0, 0.1) is 0 Å². The Bertz CT molecular complexity index is 1360. The molecule has 0 bridgehead atoms. The van der Waals surface area contributed by atoms with E-state index < -0.39 is 0 Å². The molecule has 7 nitrogen and oxygen atoms in total. The van der Waals surface area contributed by atoms with Gasteiger partial charge in [-0.3, -0.25) is 4.79 Å². The smallest absolute Gasteiger partial charge is 0.267 e. The van der Waals surface area contributed by atoms with Crippen molar-refractivity contribution in [1.29, 1.82) is 0 Å². The second-order valence-corrected chi connectivity index (χ2v) is 8.12. The first-order valence-corrected chi connectivity index (χ1v) is 11.5. The minimum Gasteiger partial charge on any atom is -0.496 e. The molecule has 0 atom stereocenters. The minimum absolute atomic E-state index is 0.194. The van der Waals surface area contributed by atoms with Crippen LogP contribution in [0.5, 0.6) is 17.2 Å². The molecule has 0 aliphatic heterocycles. The Labute approximate surface area is 208 Å². The van der Waals surface area contributed by atoms with Crippen LogP contribution < -0.4 is 25.1 Å². The molecule has 4 rings (SSSR count). The number of halogens is 1. The third-order valence-electron chi connectivity index (χ3n) is 5.33. The lowest BCUT2D eigenvalue weighted by Crippen LogP contribution is -2.24. The fourth-order valence-electron chi connectivity index (χ4n) is 3.64. The van der Waals surface area contributed by atoms with E-state index >= 15 is 0 Å². The van der Waals surface area contributed by atoms with Crippen LogP contribution in [0.3, 0.4) is 0 Å². The monoisotopic (exact) mass is 491 g/mol. The van der Waals surface area contributed by atoms with Crippen LogP contribution in [0.1, 0.15) is 5.56 Å². The second kappa shape index (κ2) is 11.4. The third kappa shape index (κ3) is 6.13. The Morgan fingerprint density at radius 3 is 2.46 bits per heavy atom. The number of anilines is 1. The zero-order chi connectivity index (χ0) is 24.6. The van der Waals surface area contributed by atoms with Crippen molar-refractivity contribution in [1.82, 2.24) is 9.78 Å². The fraction of sp³-hybridized carbons (Fsp3) is 0.185. The van der Waals surface area contributed by atoms with Crippen LogP contribution in [0.25, 0.3) is 11.1 Å². The Morgan fingerprint density at radius 1 is 0.886 bits per heavy atom. The predicted octanol–water partition coefficient (Wildman–Crippen LogP) is 5.12. The summed E-state index contributed by atoms with van der Waals surface area (Å²) in [4.78, 5) is 12.5. The van der Waals surface area contributed by atoms with E-state index in [0.29, 0.717) is 42.0 Å². The first-order chi connectivity index (χ1) is 17.1. The standard InChI is InChI=1S/C27H26ClN3O4/c1-33-23-11-10-19(16-22(23)20-6-5-7-21(28)17-20)18-31-27(32)13-12-26(30-31)29-14-15-35-25-9-4-3-8-24(25)34-2/h3-13,16-17H,14-15,18H2,1-2H3,(H,29,30). The van der Waals surface area contributed by atoms with Crippen molar-refractivity contribution in [2.24, 2.45) is 0 Å². The molecule has 0 amide bonds. The number of ether oxygens (including phenoxy) is 3. The molecule has 3 aromatic carbocycles. The van der Waals surface area contributed by atoms with Crippen LogP contribution in [0.4, 0.5) is 5.82 Å². The second-order valence-electron chi connectivity index (χ2n) is 7.69. The lowest BCUT2D eigenvalue weighted by atomic mass is 10.0. The van der Waals surface area contributed by atoms with Gasteiger partial charge in [-0.1, -0.05) is 41.9 Å². The average Bonchev–Trinajstić information content (AvgIpc) is 2.88. The maximum absolute atomic E-state index is 12.5. The van der Waals surface area contributed by atoms with Gasteiger partial charge in [0.2, 0.25) is 0 Å². The van der Waals surface area contributed by atoms with Crippen molar-refractivity contribution in [3.8, 4) is 28.4 Å². The molecule has 1 N–H and O–H groups in total. The largest absolute Gasteiger partial charge is 0.496 e. The molecule has 0 aliphatic carbocycles. The molecular weight excluding hydrogens is 466 g/mol. The lowest BCUT2D eigenvalue weighted by molar-refractivity contribution is 0.305. The third-order valence-corrected chi connectivity index (χ3v) is 5.57. The van der Waals surface area contributed by atoms with Gasteiger partial charge in [-0.25, -0.2) is 4.68 Å². The Kier molecular flexibility index (Phi) is 7.90. The first-order valence-electron chi connectivity index (χ1n) is 11.1. The van der Waals surface area contributed by atoms with Gasteiger partial charge in [0.15, 0.2) is 11.5 Å². The lowest BCUT2D eigenvalue weighted by Gasteiger charge is -2.13. The number of benzene rings is 3. The van der Waals surface area contributed by atoms with Crippen LogP contribution in [0.15, 0.2) is 83.7 Å². The summed E-state index contributed by atoms with van der Waals surface area (Å²) in [7, 11) is 3.23. The quantitative estimate of drug-likeness (QED) is 0.310. The summed E-state index contributed by atoms with van der Waals surface area (Å²) in [5.74, 6) is 2.65. The van der Waals surface area contributed by atoms with Gasteiger partial charge in [-0.05, 0) is 53.6 Å². The van der Waals surface area contributed by atoms with Gasteiger partial charge in [-0.2, -0.15) is 5.10 Å². The molecular formula is C27H26ClN3O4. The summed E-state index contributed by atoms with van der Waals surface area (Å²) in [6, 6.07) is 24.0. The van der Waals surface area contributed by atoms with Crippen LogP contribution >= 0.6 is 11.6 Å². The molecule has 0 saturated heterocycles. The Hall–Kier alpha value is -3.97. The van der Waals surface area contributed by atoms with Crippen molar-refractivity contribution in [3.05, 3.63) is 99.8 Å². The van der Waals surface area contributed by atoms with Crippen molar-refractivity contribution in [2.75, 3.05) is 32.7 Å². The average molecular weight is 492 g/mol. The van der Waals surface area contributed by atoms with E-state index in [-0.39, 0.29) is 5.56 Å². The molecule has 0 unspecified atom stereocenters. The molecule has 1 aromatic heterocycles. The molecule has 0 saturated carbocycles. The Balaban J connectivity index is 1.45. The molecule has 0 fully saturated rings. The highest BCUT2D eigenvalue weighted by Gasteiger charge is 2.10. The fourth-order valence-corrected chi connectivity index (χ4v) is 3.83. The van der Waals surface area contributed by atoms with E-state index in [4.69, 9.17) is 25.8 Å². The number of nitrogens with zero attached hydrogens (tertiary/aromatic N) is 2. The molecule has 4 aromatic rings. The van der Waals surface area contributed by atoms with E-state index in [1.54, 1.807) is 20.3 Å². The topological polar surface area (TPSA) is 74.6 Å². The predicted molar refractivity (Wildman–Crippen MR) is 138 cm³/mol. The van der Waals surface area contributed by atoms with Gasteiger partial charge in [0.25, 0.3) is 5.56 Å². The number of nitrogens with one attached hydrogen (secondary N) is 1. The molecule has 1 heterocycles. The van der Waals surface area contributed by atoms with Gasteiger partial charge >= 0.3 is 0 Å². The van der Waals surface area contributed by atoms with Crippen molar-refractivity contribution in [2.45, 2.75) is 6.54 Å². The molecule has 180 valence electrons. The molecule has 0 spiro atoms. The zero-order valence-electron chi connectivity index (χ0n) is 19.5. The summed E-state index contributed by atoms with van der Waals surface area (Å²) >= 11 is 6.18. The van der Waals surface area contributed by atoms with Gasteiger partial charge in [0.1, 0.15) is 18.2 Å². The summed E-state index contributed by atoms with van der Waals surface area (Å²) < 4.78 is 18.0. The van der Waals surface area contributed by atoms with E-state index in [0.717, 1.165) is 22.4 Å². The summed E-state index contributed by atoms with van der Waals surface area (Å²) in [5.41, 5.74) is 2.54. The van der Waals surface area contributed by atoms with Gasteiger partial charge in [0, 0.05) is 16.7 Å².